The number of nitrogens with one attached hydrogen (secondary N) is 1. The van der Waals surface area contributed by atoms with Crippen LogP contribution >= 0.6 is 0 Å². The maximum atomic E-state index is 12.4. The van der Waals surface area contributed by atoms with Crippen LogP contribution in [0.5, 0.6) is 0 Å². The molecule has 1 fully saturated rings. The van der Waals surface area contributed by atoms with Gasteiger partial charge in [-0.1, -0.05) is 6.92 Å². The fourth-order valence-electron chi connectivity index (χ4n) is 3.31. The van der Waals surface area contributed by atoms with Crippen molar-refractivity contribution in [3.05, 3.63) is 0 Å². The van der Waals surface area contributed by atoms with Gasteiger partial charge in [-0.3, -0.25) is 15.0 Å². The lowest BCUT2D eigenvalue weighted by atomic mass is 9.99. The Morgan fingerprint density at radius 3 is 2.55 bits per heavy atom. The summed E-state index contributed by atoms with van der Waals surface area (Å²) >= 11 is 0. The molecule has 0 aromatic carbocycles. The van der Waals surface area contributed by atoms with E-state index in [1.165, 1.54) is 12.8 Å². The predicted molar refractivity (Wildman–Crippen MR) is 82.8 cm³/mol. The van der Waals surface area contributed by atoms with Crippen LogP contribution in [0, 0.1) is 0 Å². The van der Waals surface area contributed by atoms with Crippen LogP contribution in [0.3, 0.4) is 0 Å². The van der Waals surface area contributed by atoms with Crippen LogP contribution in [0.2, 0.25) is 0 Å². The summed E-state index contributed by atoms with van der Waals surface area (Å²) in [5.41, 5.74) is -0.629. The van der Waals surface area contributed by atoms with Gasteiger partial charge >= 0.3 is 5.97 Å². The second kappa shape index (κ2) is 7.41. The zero-order valence-corrected chi connectivity index (χ0v) is 14.0. The molecule has 1 aliphatic rings. The van der Waals surface area contributed by atoms with Gasteiger partial charge in [-0.2, -0.15) is 0 Å². The van der Waals surface area contributed by atoms with E-state index in [1.54, 1.807) is 0 Å². The summed E-state index contributed by atoms with van der Waals surface area (Å²) in [6, 6.07) is 1.39. The van der Waals surface area contributed by atoms with Crippen molar-refractivity contribution in [3.63, 3.8) is 0 Å². The van der Waals surface area contributed by atoms with Crippen LogP contribution in [0.25, 0.3) is 0 Å². The Balaban J connectivity index is 2.85. The lowest BCUT2D eigenvalue weighted by Crippen LogP contribution is -2.60. The third-order valence-corrected chi connectivity index (χ3v) is 4.26. The van der Waals surface area contributed by atoms with E-state index in [4.69, 9.17) is 4.74 Å². The Morgan fingerprint density at radius 1 is 1.40 bits per heavy atom. The number of likely N-dealkylation sites (tertiary alicyclic amines) is 1. The molecule has 3 atom stereocenters. The SMILES string of the molecule is CCOC(=O)C(C)(CN1C(C)CCC1CC)NC(C)C. The molecular formula is C16H32N2O2. The van der Waals surface area contributed by atoms with Crippen LogP contribution in [-0.4, -0.2) is 47.7 Å². The molecule has 4 heteroatoms. The molecule has 0 radical (unpaired) electrons. The monoisotopic (exact) mass is 284 g/mol. The van der Waals surface area contributed by atoms with Crippen LogP contribution in [-0.2, 0) is 9.53 Å². The van der Waals surface area contributed by atoms with Gasteiger partial charge in [0.1, 0.15) is 5.54 Å². The zero-order valence-electron chi connectivity index (χ0n) is 14.0. The van der Waals surface area contributed by atoms with Gasteiger partial charge in [0.15, 0.2) is 0 Å². The van der Waals surface area contributed by atoms with Crippen LogP contribution in [0.15, 0.2) is 0 Å². The van der Waals surface area contributed by atoms with E-state index in [2.05, 4.69) is 37.9 Å². The van der Waals surface area contributed by atoms with Crippen molar-refractivity contribution in [1.29, 1.82) is 0 Å². The molecule has 20 heavy (non-hydrogen) atoms. The molecule has 0 aromatic heterocycles. The molecule has 4 nitrogen and oxygen atoms in total. The van der Waals surface area contributed by atoms with Gasteiger partial charge in [0.05, 0.1) is 6.61 Å². The van der Waals surface area contributed by atoms with Crippen LogP contribution in [0.1, 0.15) is 60.8 Å². The highest BCUT2D eigenvalue weighted by Gasteiger charge is 2.41. The normalized spacial score (nSPS) is 26.8. The van der Waals surface area contributed by atoms with Gasteiger partial charge in [0.2, 0.25) is 0 Å². The molecule has 0 saturated carbocycles. The second-order valence-corrected chi connectivity index (χ2v) is 6.51. The Labute approximate surface area is 124 Å². The third kappa shape index (κ3) is 4.19. The highest BCUT2D eigenvalue weighted by Crippen LogP contribution is 2.28. The molecule has 0 amide bonds. The molecule has 118 valence electrons. The minimum atomic E-state index is -0.629. The lowest BCUT2D eigenvalue weighted by molar-refractivity contribution is -0.152. The van der Waals surface area contributed by atoms with E-state index in [-0.39, 0.29) is 12.0 Å². The molecule has 1 saturated heterocycles. The van der Waals surface area contributed by atoms with Crippen LogP contribution in [0.4, 0.5) is 0 Å². The number of ether oxygens (including phenoxy) is 1. The fraction of sp³-hybridized carbons (Fsp3) is 0.938. The van der Waals surface area contributed by atoms with Crippen molar-refractivity contribution in [3.8, 4) is 0 Å². The van der Waals surface area contributed by atoms with E-state index in [1.807, 2.05) is 13.8 Å². The van der Waals surface area contributed by atoms with Crippen molar-refractivity contribution in [1.82, 2.24) is 10.2 Å². The number of hydrogen-bond donors (Lipinski definition) is 1. The molecule has 0 bridgehead atoms. The molecule has 0 aromatic rings. The van der Waals surface area contributed by atoms with Gasteiger partial charge in [0, 0.05) is 24.7 Å². The second-order valence-electron chi connectivity index (χ2n) is 6.51. The van der Waals surface area contributed by atoms with Crippen molar-refractivity contribution in [2.75, 3.05) is 13.2 Å². The van der Waals surface area contributed by atoms with Gasteiger partial charge in [-0.15, -0.1) is 0 Å². The molecule has 3 unspecified atom stereocenters. The zero-order chi connectivity index (χ0) is 15.3. The van der Waals surface area contributed by atoms with E-state index in [0.717, 1.165) is 13.0 Å². The average molecular weight is 284 g/mol. The van der Waals surface area contributed by atoms with Crippen LogP contribution < -0.4 is 5.32 Å². The first kappa shape index (κ1) is 17.4. The first-order valence-corrected chi connectivity index (χ1v) is 8.04. The number of nitrogens with zero attached hydrogens (tertiary/aromatic N) is 1. The molecule has 1 N–H and O–H groups in total. The van der Waals surface area contributed by atoms with E-state index >= 15 is 0 Å². The molecule has 0 spiro atoms. The maximum Gasteiger partial charge on any atom is 0.327 e. The summed E-state index contributed by atoms with van der Waals surface area (Å²) in [7, 11) is 0. The smallest absolute Gasteiger partial charge is 0.327 e. The van der Waals surface area contributed by atoms with Gasteiger partial charge in [-0.05, 0) is 53.9 Å². The summed E-state index contributed by atoms with van der Waals surface area (Å²) in [6.45, 7) is 13.6. The highest BCUT2D eigenvalue weighted by atomic mass is 16.5. The molecule has 1 heterocycles. The lowest BCUT2D eigenvalue weighted by Gasteiger charge is -2.38. The molecule has 1 rings (SSSR count). The van der Waals surface area contributed by atoms with E-state index in [9.17, 15) is 4.79 Å². The summed E-state index contributed by atoms with van der Waals surface area (Å²) in [4.78, 5) is 14.9. The Hall–Kier alpha value is -0.610. The van der Waals surface area contributed by atoms with Crippen molar-refractivity contribution < 1.29 is 9.53 Å². The van der Waals surface area contributed by atoms with E-state index < -0.39 is 5.54 Å². The third-order valence-electron chi connectivity index (χ3n) is 4.26. The fourth-order valence-corrected chi connectivity index (χ4v) is 3.31. The minimum absolute atomic E-state index is 0.136. The topological polar surface area (TPSA) is 41.6 Å². The van der Waals surface area contributed by atoms with E-state index in [0.29, 0.717) is 18.7 Å². The quantitative estimate of drug-likeness (QED) is 0.730. The largest absolute Gasteiger partial charge is 0.465 e. The van der Waals surface area contributed by atoms with Crippen molar-refractivity contribution in [2.45, 2.75) is 84.5 Å². The van der Waals surface area contributed by atoms with Gasteiger partial charge in [0.25, 0.3) is 0 Å². The highest BCUT2D eigenvalue weighted by molar-refractivity contribution is 5.80. The number of carbonyl (C=O) groups is 1. The standard InChI is InChI=1S/C16H32N2O2/c1-7-14-10-9-13(5)18(14)11-16(6,17-12(3)4)15(19)20-8-2/h12-14,17H,7-11H2,1-6H3. The minimum Gasteiger partial charge on any atom is -0.465 e. The number of hydrogen-bond acceptors (Lipinski definition) is 4. The first-order valence-electron chi connectivity index (χ1n) is 8.04. The average Bonchev–Trinajstić information content (AvgIpc) is 2.69. The Bertz CT molecular complexity index is 320. The number of carbonyl (C=O) groups excluding carboxylic acids is 1. The van der Waals surface area contributed by atoms with Gasteiger partial charge < -0.3 is 4.74 Å². The number of rotatable bonds is 7. The molecule has 1 aliphatic heterocycles. The summed E-state index contributed by atoms with van der Waals surface area (Å²) in [5.74, 6) is -0.136. The Kier molecular flexibility index (Phi) is 6.46. The maximum absolute atomic E-state index is 12.4. The first-order chi connectivity index (χ1) is 9.34. The van der Waals surface area contributed by atoms with Crippen molar-refractivity contribution >= 4 is 5.97 Å². The molecular weight excluding hydrogens is 252 g/mol. The van der Waals surface area contributed by atoms with Gasteiger partial charge in [-0.25, -0.2) is 0 Å². The number of esters is 1. The summed E-state index contributed by atoms with van der Waals surface area (Å²) in [5, 5.41) is 3.42. The van der Waals surface area contributed by atoms with Crippen molar-refractivity contribution in [2.24, 2.45) is 0 Å². The predicted octanol–water partition coefficient (Wildman–Crippen LogP) is 2.57. The summed E-state index contributed by atoms with van der Waals surface area (Å²) < 4.78 is 5.29. The Morgan fingerprint density at radius 2 is 2.05 bits per heavy atom. The molecule has 0 aliphatic carbocycles. The summed E-state index contributed by atoms with van der Waals surface area (Å²) in [6.07, 6.45) is 3.60.